The first-order valence-electron chi connectivity index (χ1n) is 6.52. The third kappa shape index (κ3) is 5.69. The number of carbonyl (C=O) groups is 1. The Labute approximate surface area is 130 Å². The Hall–Kier alpha value is -1.66. The molecule has 0 aliphatic rings. The van der Waals surface area contributed by atoms with Crippen molar-refractivity contribution >= 4 is 18.3 Å². The lowest BCUT2D eigenvalue weighted by Crippen LogP contribution is -2.31. The standard InChI is InChI=1S/C14H20FN3O2.ClH/c1-3-18(4-2)14(19)13-6-5-12(9-17-13)20-10-11(7-15)8-16;/h5-7,9H,3-4,8,10,16H2,1-2H3;1H. The van der Waals surface area contributed by atoms with E-state index in [0.717, 1.165) is 0 Å². The number of amides is 1. The molecular weight excluding hydrogens is 297 g/mol. The van der Waals surface area contributed by atoms with Gasteiger partial charge in [0.15, 0.2) is 0 Å². The highest BCUT2D eigenvalue weighted by atomic mass is 35.5. The first-order valence-corrected chi connectivity index (χ1v) is 6.52. The van der Waals surface area contributed by atoms with E-state index in [0.29, 0.717) is 36.4 Å². The average molecular weight is 318 g/mol. The van der Waals surface area contributed by atoms with Gasteiger partial charge in [-0.3, -0.25) is 4.79 Å². The zero-order chi connectivity index (χ0) is 15.0. The molecule has 21 heavy (non-hydrogen) atoms. The molecule has 0 bridgehead atoms. The molecular formula is C14H21ClFN3O2. The highest BCUT2D eigenvalue weighted by molar-refractivity contribution is 5.92. The summed E-state index contributed by atoms with van der Waals surface area (Å²) in [6, 6.07) is 3.23. The van der Waals surface area contributed by atoms with Crippen LogP contribution in [0.2, 0.25) is 0 Å². The summed E-state index contributed by atoms with van der Waals surface area (Å²) < 4.78 is 17.6. The third-order valence-corrected chi connectivity index (χ3v) is 2.85. The van der Waals surface area contributed by atoms with Crippen LogP contribution in [-0.4, -0.2) is 42.0 Å². The van der Waals surface area contributed by atoms with Gasteiger partial charge in [-0.25, -0.2) is 9.37 Å². The van der Waals surface area contributed by atoms with Crippen LogP contribution < -0.4 is 10.5 Å². The van der Waals surface area contributed by atoms with E-state index < -0.39 is 0 Å². The molecule has 0 unspecified atom stereocenters. The Morgan fingerprint density at radius 3 is 2.52 bits per heavy atom. The van der Waals surface area contributed by atoms with Crippen molar-refractivity contribution in [2.45, 2.75) is 13.8 Å². The zero-order valence-electron chi connectivity index (χ0n) is 12.2. The van der Waals surface area contributed by atoms with Gasteiger partial charge >= 0.3 is 0 Å². The second-order valence-corrected chi connectivity index (χ2v) is 4.12. The quantitative estimate of drug-likeness (QED) is 0.837. The Bertz CT molecular complexity index is 462. The number of halogens is 2. The number of nitrogens with zero attached hydrogens (tertiary/aromatic N) is 2. The molecule has 118 valence electrons. The summed E-state index contributed by atoms with van der Waals surface area (Å²) in [4.78, 5) is 17.8. The van der Waals surface area contributed by atoms with Crippen molar-refractivity contribution < 1.29 is 13.9 Å². The molecule has 1 amide bonds. The fourth-order valence-electron chi connectivity index (χ4n) is 1.58. The van der Waals surface area contributed by atoms with Crippen LogP contribution >= 0.6 is 12.4 Å². The molecule has 2 N–H and O–H groups in total. The minimum atomic E-state index is -0.118. The van der Waals surface area contributed by atoms with Crippen molar-refractivity contribution in [1.29, 1.82) is 0 Å². The van der Waals surface area contributed by atoms with E-state index in [9.17, 15) is 9.18 Å². The van der Waals surface area contributed by atoms with Gasteiger partial charge in [0.05, 0.1) is 12.5 Å². The van der Waals surface area contributed by atoms with Gasteiger partial charge in [0, 0.05) is 25.2 Å². The van der Waals surface area contributed by atoms with E-state index in [4.69, 9.17) is 10.5 Å². The molecule has 0 aliphatic carbocycles. The van der Waals surface area contributed by atoms with Crippen LogP contribution in [0.15, 0.2) is 30.2 Å². The number of pyridine rings is 1. The van der Waals surface area contributed by atoms with Crippen molar-refractivity contribution in [3.63, 3.8) is 0 Å². The van der Waals surface area contributed by atoms with Gasteiger partial charge in [-0.15, -0.1) is 12.4 Å². The third-order valence-electron chi connectivity index (χ3n) is 2.85. The molecule has 0 atom stereocenters. The molecule has 5 nitrogen and oxygen atoms in total. The Balaban J connectivity index is 0.00000400. The van der Waals surface area contributed by atoms with E-state index in [-0.39, 0.29) is 31.5 Å². The first-order chi connectivity index (χ1) is 9.65. The minimum Gasteiger partial charge on any atom is -0.487 e. The molecule has 1 aromatic heterocycles. The van der Waals surface area contributed by atoms with Crippen LogP contribution in [0.5, 0.6) is 5.75 Å². The lowest BCUT2D eigenvalue weighted by atomic mass is 10.3. The second kappa shape index (κ2) is 10.1. The molecule has 0 fully saturated rings. The molecule has 0 aromatic carbocycles. The highest BCUT2D eigenvalue weighted by Gasteiger charge is 2.13. The van der Waals surface area contributed by atoms with Crippen LogP contribution in [0.1, 0.15) is 24.3 Å². The lowest BCUT2D eigenvalue weighted by Gasteiger charge is -2.17. The normalized spacial score (nSPS) is 10.8. The van der Waals surface area contributed by atoms with Gasteiger partial charge in [0.1, 0.15) is 18.1 Å². The van der Waals surface area contributed by atoms with Gasteiger partial charge in [-0.05, 0) is 26.0 Å². The first kappa shape index (κ1) is 19.3. The van der Waals surface area contributed by atoms with Crippen molar-refractivity contribution in [3.05, 3.63) is 35.9 Å². The molecule has 0 aliphatic heterocycles. The van der Waals surface area contributed by atoms with Gasteiger partial charge < -0.3 is 15.4 Å². The summed E-state index contributed by atoms with van der Waals surface area (Å²) in [6.07, 6.45) is 1.88. The molecule has 7 heteroatoms. The number of ether oxygens (including phenoxy) is 1. The van der Waals surface area contributed by atoms with Crippen molar-refractivity contribution in [2.24, 2.45) is 5.73 Å². The summed E-state index contributed by atoms with van der Waals surface area (Å²) in [6.45, 7) is 5.26. The maximum absolute atomic E-state index is 12.3. The smallest absolute Gasteiger partial charge is 0.272 e. The predicted molar refractivity (Wildman–Crippen MR) is 82.5 cm³/mol. The van der Waals surface area contributed by atoms with Crippen LogP contribution in [0.4, 0.5) is 4.39 Å². The zero-order valence-corrected chi connectivity index (χ0v) is 13.0. The number of hydrogen-bond acceptors (Lipinski definition) is 4. The fraction of sp³-hybridized carbons (Fsp3) is 0.429. The van der Waals surface area contributed by atoms with Gasteiger partial charge in [0.2, 0.25) is 0 Å². The Morgan fingerprint density at radius 1 is 1.43 bits per heavy atom. The highest BCUT2D eigenvalue weighted by Crippen LogP contribution is 2.12. The molecule has 0 spiro atoms. The van der Waals surface area contributed by atoms with Gasteiger partial charge in [0.25, 0.3) is 5.91 Å². The summed E-state index contributed by atoms with van der Waals surface area (Å²) in [5.41, 5.74) is 6.04. The van der Waals surface area contributed by atoms with Gasteiger partial charge in [-0.2, -0.15) is 0 Å². The Kier molecular flexibility index (Phi) is 9.32. The van der Waals surface area contributed by atoms with E-state index in [1.54, 1.807) is 17.0 Å². The van der Waals surface area contributed by atoms with E-state index in [1.165, 1.54) is 6.20 Å². The molecule has 0 radical (unpaired) electrons. The molecule has 1 heterocycles. The minimum absolute atomic E-state index is 0. The number of hydrogen-bond donors (Lipinski definition) is 1. The number of carbonyl (C=O) groups excluding carboxylic acids is 1. The summed E-state index contributed by atoms with van der Waals surface area (Å²) >= 11 is 0. The lowest BCUT2D eigenvalue weighted by molar-refractivity contribution is 0.0767. The average Bonchev–Trinajstić information content (AvgIpc) is 2.50. The number of nitrogens with two attached hydrogens (primary N) is 1. The summed E-state index contributed by atoms with van der Waals surface area (Å²) in [7, 11) is 0. The number of aromatic nitrogens is 1. The predicted octanol–water partition coefficient (Wildman–Crippen LogP) is 2.18. The molecule has 1 rings (SSSR count). The summed E-state index contributed by atoms with van der Waals surface area (Å²) in [5, 5.41) is 0. The maximum Gasteiger partial charge on any atom is 0.272 e. The van der Waals surface area contributed by atoms with Crippen LogP contribution in [0.25, 0.3) is 0 Å². The van der Waals surface area contributed by atoms with E-state index >= 15 is 0 Å². The Morgan fingerprint density at radius 2 is 2.10 bits per heavy atom. The second-order valence-electron chi connectivity index (χ2n) is 4.12. The largest absolute Gasteiger partial charge is 0.487 e. The van der Waals surface area contributed by atoms with Crippen LogP contribution in [-0.2, 0) is 0 Å². The summed E-state index contributed by atoms with van der Waals surface area (Å²) in [5.74, 6) is 0.349. The van der Waals surface area contributed by atoms with Crippen LogP contribution in [0, 0.1) is 0 Å². The topological polar surface area (TPSA) is 68.5 Å². The van der Waals surface area contributed by atoms with E-state index in [1.807, 2.05) is 13.8 Å². The van der Waals surface area contributed by atoms with E-state index in [2.05, 4.69) is 4.98 Å². The molecule has 0 saturated heterocycles. The number of rotatable bonds is 7. The maximum atomic E-state index is 12.3. The monoisotopic (exact) mass is 317 g/mol. The fourth-order valence-corrected chi connectivity index (χ4v) is 1.58. The van der Waals surface area contributed by atoms with Crippen LogP contribution in [0.3, 0.4) is 0 Å². The SMILES string of the molecule is CCN(CC)C(=O)c1ccc(OCC(=CF)CN)cn1.Cl. The molecule has 0 saturated carbocycles. The van der Waals surface area contributed by atoms with Crippen molar-refractivity contribution in [3.8, 4) is 5.75 Å². The van der Waals surface area contributed by atoms with Crippen molar-refractivity contribution in [2.75, 3.05) is 26.2 Å². The van der Waals surface area contributed by atoms with Crippen molar-refractivity contribution in [1.82, 2.24) is 9.88 Å². The molecule has 1 aromatic rings. The van der Waals surface area contributed by atoms with Gasteiger partial charge in [-0.1, -0.05) is 0 Å².